The molecular formula is C20H22N4O3. The van der Waals surface area contributed by atoms with Gasteiger partial charge in [0.05, 0.1) is 6.54 Å². The van der Waals surface area contributed by atoms with Crippen molar-refractivity contribution >= 4 is 29.1 Å². The Morgan fingerprint density at radius 3 is 2.00 bits per heavy atom. The number of amides is 3. The maximum atomic E-state index is 12.3. The maximum Gasteiger partial charge on any atom is 0.313 e. The standard InChI is InChI=1S/C20H22N4O3/c25-18(15-21-19(26)20(27)22-16-7-3-1-4-8-16)24-13-11-23(12-14-24)17-9-5-2-6-10-17/h1-10H,11-15H2,(H,21,26)(H,22,27). The first kappa shape index (κ1) is 18.4. The molecule has 1 fully saturated rings. The Morgan fingerprint density at radius 1 is 0.778 bits per heavy atom. The van der Waals surface area contributed by atoms with E-state index in [1.807, 2.05) is 36.4 Å². The minimum atomic E-state index is -0.824. The fraction of sp³-hybridized carbons (Fsp3) is 0.250. The van der Waals surface area contributed by atoms with E-state index >= 15 is 0 Å². The van der Waals surface area contributed by atoms with Gasteiger partial charge >= 0.3 is 11.8 Å². The van der Waals surface area contributed by atoms with Crippen molar-refractivity contribution in [3.8, 4) is 0 Å². The van der Waals surface area contributed by atoms with Crippen LogP contribution in [-0.2, 0) is 14.4 Å². The van der Waals surface area contributed by atoms with Gasteiger partial charge in [-0.3, -0.25) is 14.4 Å². The van der Waals surface area contributed by atoms with Crippen LogP contribution < -0.4 is 15.5 Å². The number of carbonyl (C=O) groups excluding carboxylic acids is 3. The fourth-order valence-corrected chi connectivity index (χ4v) is 2.91. The second-order valence-corrected chi connectivity index (χ2v) is 6.21. The van der Waals surface area contributed by atoms with Crippen LogP contribution in [0.2, 0.25) is 0 Å². The largest absolute Gasteiger partial charge is 0.368 e. The van der Waals surface area contributed by atoms with Gasteiger partial charge in [0.2, 0.25) is 5.91 Å². The highest BCUT2D eigenvalue weighted by atomic mass is 16.2. The Bertz CT molecular complexity index is 787. The molecule has 2 aromatic carbocycles. The highest BCUT2D eigenvalue weighted by Gasteiger charge is 2.22. The van der Waals surface area contributed by atoms with E-state index in [2.05, 4.69) is 15.5 Å². The molecule has 1 saturated heterocycles. The zero-order chi connectivity index (χ0) is 19.1. The molecule has 2 aromatic rings. The summed E-state index contributed by atoms with van der Waals surface area (Å²) in [5, 5.41) is 4.87. The third-order valence-corrected chi connectivity index (χ3v) is 4.39. The third kappa shape index (κ3) is 5.07. The van der Waals surface area contributed by atoms with Crippen LogP contribution in [0.3, 0.4) is 0 Å². The fourth-order valence-electron chi connectivity index (χ4n) is 2.91. The van der Waals surface area contributed by atoms with Crippen molar-refractivity contribution in [3.05, 3.63) is 60.7 Å². The summed E-state index contributed by atoms with van der Waals surface area (Å²) in [6.45, 7) is 2.45. The lowest BCUT2D eigenvalue weighted by atomic mass is 10.2. The lowest BCUT2D eigenvalue weighted by Gasteiger charge is -2.36. The van der Waals surface area contributed by atoms with E-state index in [-0.39, 0.29) is 12.5 Å². The summed E-state index contributed by atoms with van der Waals surface area (Å²) in [6, 6.07) is 18.7. The Labute approximate surface area is 158 Å². The SMILES string of the molecule is O=C(NCC(=O)N1CCN(c2ccccc2)CC1)C(=O)Nc1ccccc1. The van der Waals surface area contributed by atoms with E-state index in [0.717, 1.165) is 18.8 Å². The quantitative estimate of drug-likeness (QED) is 0.794. The molecule has 7 heteroatoms. The monoisotopic (exact) mass is 366 g/mol. The molecule has 27 heavy (non-hydrogen) atoms. The van der Waals surface area contributed by atoms with Crippen LogP contribution >= 0.6 is 0 Å². The van der Waals surface area contributed by atoms with Gasteiger partial charge in [-0.1, -0.05) is 36.4 Å². The number of rotatable bonds is 4. The highest BCUT2D eigenvalue weighted by Crippen LogP contribution is 2.15. The number of benzene rings is 2. The molecule has 0 radical (unpaired) electrons. The topological polar surface area (TPSA) is 81.8 Å². The molecule has 0 bridgehead atoms. The molecule has 0 atom stereocenters. The van der Waals surface area contributed by atoms with Crippen LogP contribution in [0, 0.1) is 0 Å². The number of anilines is 2. The van der Waals surface area contributed by atoms with Gasteiger partial charge in [0.15, 0.2) is 0 Å². The number of hydrogen-bond acceptors (Lipinski definition) is 4. The van der Waals surface area contributed by atoms with E-state index in [9.17, 15) is 14.4 Å². The molecule has 0 aromatic heterocycles. The summed E-state index contributed by atoms with van der Waals surface area (Å²) in [5.74, 6) is -1.80. The lowest BCUT2D eigenvalue weighted by Crippen LogP contribution is -2.51. The van der Waals surface area contributed by atoms with E-state index in [0.29, 0.717) is 18.8 Å². The molecule has 0 spiro atoms. The molecule has 1 aliphatic heterocycles. The van der Waals surface area contributed by atoms with E-state index in [1.165, 1.54) is 0 Å². The lowest BCUT2D eigenvalue weighted by molar-refractivity contribution is -0.138. The van der Waals surface area contributed by atoms with E-state index < -0.39 is 11.8 Å². The van der Waals surface area contributed by atoms with Gasteiger partial charge in [-0.05, 0) is 24.3 Å². The minimum Gasteiger partial charge on any atom is -0.368 e. The molecule has 140 valence electrons. The summed E-state index contributed by atoms with van der Waals surface area (Å²) in [5.41, 5.74) is 1.66. The average Bonchev–Trinajstić information content (AvgIpc) is 2.73. The van der Waals surface area contributed by atoms with Crippen molar-refractivity contribution in [1.29, 1.82) is 0 Å². The van der Waals surface area contributed by atoms with Crippen LogP contribution in [0.15, 0.2) is 60.7 Å². The van der Waals surface area contributed by atoms with Crippen LogP contribution in [0.4, 0.5) is 11.4 Å². The van der Waals surface area contributed by atoms with Crippen molar-refractivity contribution in [2.75, 3.05) is 42.9 Å². The van der Waals surface area contributed by atoms with Crippen molar-refractivity contribution in [2.24, 2.45) is 0 Å². The second kappa shape index (κ2) is 8.84. The number of carbonyl (C=O) groups is 3. The molecule has 1 heterocycles. The summed E-state index contributed by atoms with van der Waals surface area (Å²) < 4.78 is 0. The Morgan fingerprint density at radius 2 is 1.37 bits per heavy atom. The first-order valence-corrected chi connectivity index (χ1v) is 8.85. The average molecular weight is 366 g/mol. The van der Waals surface area contributed by atoms with Crippen molar-refractivity contribution in [1.82, 2.24) is 10.2 Å². The molecule has 3 rings (SSSR count). The Kier molecular flexibility index (Phi) is 6.04. The predicted octanol–water partition coefficient (Wildman–Crippen LogP) is 1.09. The zero-order valence-electron chi connectivity index (χ0n) is 14.9. The summed E-state index contributed by atoms with van der Waals surface area (Å²) in [4.78, 5) is 39.9. The molecule has 0 unspecified atom stereocenters. The summed E-state index contributed by atoms with van der Waals surface area (Å²) >= 11 is 0. The maximum absolute atomic E-state index is 12.3. The Hall–Kier alpha value is -3.35. The van der Waals surface area contributed by atoms with E-state index in [4.69, 9.17) is 0 Å². The predicted molar refractivity (Wildman–Crippen MR) is 103 cm³/mol. The van der Waals surface area contributed by atoms with Gasteiger partial charge in [0.1, 0.15) is 0 Å². The Balaban J connectivity index is 1.42. The van der Waals surface area contributed by atoms with Crippen LogP contribution in [-0.4, -0.2) is 55.3 Å². The smallest absolute Gasteiger partial charge is 0.313 e. The number of para-hydroxylation sites is 2. The van der Waals surface area contributed by atoms with Gasteiger partial charge in [-0.15, -0.1) is 0 Å². The van der Waals surface area contributed by atoms with E-state index in [1.54, 1.807) is 29.2 Å². The first-order chi connectivity index (χ1) is 13.1. The van der Waals surface area contributed by atoms with Gasteiger partial charge in [0, 0.05) is 37.6 Å². The van der Waals surface area contributed by atoms with Gasteiger partial charge in [-0.2, -0.15) is 0 Å². The zero-order valence-corrected chi connectivity index (χ0v) is 14.9. The number of nitrogens with one attached hydrogen (secondary N) is 2. The van der Waals surface area contributed by atoms with Crippen LogP contribution in [0.1, 0.15) is 0 Å². The van der Waals surface area contributed by atoms with Gasteiger partial charge in [-0.25, -0.2) is 0 Å². The third-order valence-electron chi connectivity index (χ3n) is 4.39. The molecule has 1 aliphatic rings. The molecule has 0 aliphatic carbocycles. The normalized spacial score (nSPS) is 13.8. The molecule has 2 N–H and O–H groups in total. The second-order valence-electron chi connectivity index (χ2n) is 6.21. The van der Waals surface area contributed by atoms with Crippen LogP contribution in [0.25, 0.3) is 0 Å². The summed E-state index contributed by atoms with van der Waals surface area (Å²) in [7, 11) is 0. The van der Waals surface area contributed by atoms with Crippen LogP contribution in [0.5, 0.6) is 0 Å². The number of nitrogens with zero attached hydrogens (tertiary/aromatic N) is 2. The molecule has 0 saturated carbocycles. The van der Waals surface area contributed by atoms with Crippen molar-refractivity contribution in [3.63, 3.8) is 0 Å². The van der Waals surface area contributed by atoms with Crippen molar-refractivity contribution < 1.29 is 14.4 Å². The number of piperazine rings is 1. The molecular weight excluding hydrogens is 344 g/mol. The van der Waals surface area contributed by atoms with Gasteiger partial charge < -0.3 is 20.4 Å². The van der Waals surface area contributed by atoms with Crippen molar-refractivity contribution in [2.45, 2.75) is 0 Å². The van der Waals surface area contributed by atoms with Gasteiger partial charge in [0.25, 0.3) is 0 Å². The molecule has 3 amide bonds. The number of hydrogen-bond donors (Lipinski definition) is 2. The first-order valence-electron chi connectivity index (χ1n) is 8.85. The summed E-state index contributed by atoms with van der Waals surface area (Å²) in [6.07, 6.45) is 0. The minimum absolute atomic E-state index is 0.188. The molecule has 7 nitrogen and oxygen atoms in total. The highest BCUT2D eigenvalue weighted by molar-refractivity contribution is 6.39.